The summed E-state index contributed by atoms with van der Waals surface area (Å²) < 4.78 is 5.38. The minimum absolute atomic E-state index is 0.0780. The molecule has 0 spiro atoms. The van der Waals surface area contributed by atoms with Crippen molar-refractivity contribution in [1.82, 2.24) is 4.90 Å². The number of ketones is 1. The summed E-state index contributed by atoms with van der Waals surface area (Å²) in [6.07, 6.45) is 24.5. The molecule has 0 saturated carbocycles. The number of hydrogen-bond acceptors (Lipinski definition) is 5. The van der Waals surface area contributed by atoms with Gasteiger partial charge in [0.25, 0.3) is 0 Å². The van der Waals surface area contributed by atoms with Crippen LogP contribution in [-0.2, 0) is 14.3 Å². The van der Waals surface area contributed by atoms with Crippen LogP contribution in [0.1, 0.15) is 155 Å². The van der Waals surface area contributed by atoms with Crippen LogP contribution in [0.15, 0.2) is 0 Å². The predicted molar refractivity (Wildman–Crippen MR) is 152 cm³/mol. The smallest absolute Gasteiger partial charge is 0.305 e. The molecule has 0 bridgehead atoms. The fourth-order valence-electron chi connectivity index (χ4n) is 4.66. The predicted octanol–water partition coefficient (Wildman–Crippen LogP) is 8.02. The lowest BCUT2D eigenvalue weighted by Crippen LogP contribution is -2.29. The van der Waals surface area contributed by atoms with Crippen molar-refractivity contribution in [2.45, 2.75) is 155 Å². The first-order valence-corrected chi connectivity index (χ1v) is 15.6. The standard InChI is InChI=1S/C31H61NO4/c1-3-5-7-8-13-16-20-29-36-31(35)24-21-26-32(27-28-33)25-19-15-12-10-9-11-14-18-23-30(34)22-17-6-4-2/h33H,3-29H2,1-2H3. The summed E-state index contributed by atoms with van der Waals surface area (Å²) >= 11 is 0. The first kappa shape index (κ1) is 35.1. The molecule has 0 aromatic rings. The molecule has 1 N–H and O–H groups in total. The normalized spacial score (nSPS) is 11.3. The van der Waals surface area contributed by atoms with E-state index in [0.29, 0.717) is 25.4 Å². The van der Waals surface area contributed by atoms with Crippen molar-refractivity contribution in [2.24, 2.45) is 0 Å². The van der Waals surface area contributed by atoms with Gasteiger partial charge in [0.1, 0.15) is 5.78 Å². The highest BCUT2D eigenvalue weighted by Gasteiger charge is 2.08. The molecule has 36 heavy (non-hydrogen) atoms. The molecule has 0 aromatic carbocycles. The molecule has 5 nitrogen and oxygen atoms in total. The average molecular weight is 512 g/mol. The van der Waals surface area contributed by atoms with Gasteiger partial charge in [-0.3, -0.25) is 9.59 Å². The third-order valence-corrected chi connectivity index (χ3v) is 7.02. The maximum absolute atomic E-state index is 12.0. The summed E-state index contributed by atoms with van der Waals surface area (Å²) in [6.45, 7) is 7.67. The van der Waals surface area contributed by atoms with E-state index < -0.39 is 0 Å². The molecule has 0 aliphatic heterocycles. The topological polar surface area (TPSA) is 66.8 Å². The SMILES string of the molecule is CCCCCCCCCOC(=O)CCCN(CCO)CCCCCCCCCCC(=O)CCCCC. The molecule has 0 aliphatic carbocycles. The number of esters is 1. The summed E-state index contributed by atoms with van der Waals surface area (Å²) in [7, 11) is 0. The number of Topliss-reactive ketones (excluding diaryl/α,β-unsaturated/α-hetero) is 1. The molecule has 214 valence electrons. The van der Waals surface area contributed by atoms with Crippen LogP contribution in [0.3, 0.4) is 0 Å². The zero-order chi connectivity index (χ0) is 26.5. The second-order valence-electron chi connectivity index (χ2n) is 10.6. The van der Waals surface area contributed by atoms with Crippen LogP contribution in [0, 0.1) is 0 Å². The summed E-state index contributed by atoms with van der Waals surface area (Å²) in [5.41, 5.74) is 0. The number of hydrogen-bond donors (Lipinski definition) is 1. The Kier molecular flexibility index (Phi) is 27.9. The van der Waals surface area contributed by atoms with E-state index in [9.17, 15) is 14.7 Å². The van der Waals surface area contributed by atoms with Gasteiger partial charge in [-0.2, -0.15) is 0 Å². The monoisotopic (exact) mass is 511 g/mol. The van der Waals surface area contributed by atoms with Crippen molar-refractivity contribution in [2.75, 3.05) is 32.8 Å². The van der Waals surface area contributed by atoms with Gasteiger partial charge >= 0.3 is 5.97 Å². The lowest BCUT2D eigenvalue weighted by molar-refractivity contribution is -0.144. The van der Waals surface area contributed by atoms with Crippen LogP contribution in [0.5, 0.6) is 0 Å². The summed E-state index contributed by atoms with van der Waals surface area (Å²) in [5.74, 6) is 0.377. The van der Waals surface area contributed by atoms with Gasteiger partial charge in [-0.25, -0.2) is 0 Å². The van der Waals surface area contributed by atoms with Gasteiger partial charge in [-0.15, -0.1) is 0 Å². The van der Waals surface area contributed by atoms with Gasteiger partial charge in [0, 0.05) is 25.8 Å². The molecular weight excluding hydrogens is 450 g/mol. The van der Waals surface area contributed by atoms with Crippen molar-refractivity contribution in [3.63, 3.8) is 0 Å². The van der Waals surface area contributed by atoms with Crippen molar-refractivity contribution in [1.29, 1.82) is 0 Å². The number of aliphatic hydroxyl groups is 1. The van der Waals surface area contributed by atoms with Crippen molar-refractivity contribution < 1.29 is 19.4 Å². The van der Waals surface area contributed by atoms with E-state index in [4.69, 9.17) is 4.74 Å². The molecule has 0 radical (unpaired) electrons. The number of aliphatic hydroxyl groups excluding tert-OH is 1. The van der Waals surface area contributed by atoms with Gasteiger partial charge < -0.3 is 14.7 Å². The Morgan fingerprint density at radius 1 is 0.556 bits per heavy atom. The Morgan fingerprint density at radius 3 is 1.64 bits per heavy atom. The maximum atomic E-state index is 12.0. The first-order chi connectivity index (χ1) is 17.6. The van der Waals surface area contributed by atoms with Gasteiger partial charge in [0.05, 0.1) is 13.2 Å². The van der Waals surface area contributed by atoms with Crippen LogP contribution in [0.2, 0.25) is 0 Å². The largest absolute Gasteiger partial charge is 0.466 e. The average Bonchev–Trinajstić information content (AvgIpc) is 2.86. The van der Waals surface area contributed by atoms with E-state index >= 15 is 0 Å². The number of nitrogens with zero attached hydrogens (tertiary/aromatic N) is 1. The number of carbonyl (C=O) groups excluding carboxylic acids is 2. The highest BCUT2D eigenvalue weighted by molar-refractivity contribution is 5.78. The van der Waals surface area contributed by atoms with Gasteiger partial charge in [0.2, 0.25) is 0 Å². The Labute approximate surface area is 224 Å². The van der Waals surface area contributed by atoms with Crippen LogP contribution in [0.25, 0.3) is 0 Å². The first-order valence-electron chi connectivity index (χ1n) is 15.6. The molecule has 0 saturated heterocycles. The van der Waals surface area contributed by atoms with Gasteiger partial charge in [0.15, 0.2) is 0 Å². The molecule has 0 fully saturated rings. The van der Waals surface area contributed by atoms with E-state index in [1.165, 1.54) is 83.5 Å². The summed E-state index contributed by atoms with van der Waals surface area (Å²) in [4.78, 5) is 26.0. The molecule has 0 rings (SSSR count). The zero-order valence-corrected chi connectivity index (χ0v) is 24.2. The van der Waals surface area contributed by atoms with E-state index in [0.717, 1.165) is 64.5 Å². The Balaban J connectivity index is 3.58. The minimum Gasteiger partial charge on any atom is -0.466 e. The number of carbonyl (C=O) groups is 2. The highest BCUT2D eigenvalue weighted by atomic mass is 16.5. The molecule has 0 heterocycles. The van der Waals surface area contributed by atoms with Gasteiger partial charge in [-0.05, 0) is 45.2 Å². The third kappa shape index (κ3) is 26.1. The summed E-state index contributed by atoms with van der Waals surface area (Å²) in [6, 6.07) is 0. The van der Waals surface area contributed by atoms with Crippen molar-refractivity contribution >= 4 is 11.8 Å². The third-order valence-electron chi connectivity index (χ3n) is 7.02. The lowest BCUT2D eigenvalue weighted by Gasteiger charge is -2.21. The molecule has 5 heteroatoms. The number of unbranched alkanes of at least 4 members (excludes halogenated alkanes) is 15. The quantitative estimate of drug-likeness (QED) is 0.0813. The highest BCUT2D eigenvalue weighted by Crippen LogP contribution is 2.12. The summed E-state index contributed by atoms with van der Waals surface area (Å²) in [5, 5.41) is 9.36. The Hall–Kier alpha value is -0.940. The Morgan fingerprint density at radius 2 is 1.03 bits per heavy atom. The van der Waals surface area contributed by atoms with Crippen LogP contribution < -0.4 is 0 Å². The van der Waals surface area contributed by atoms with Crippen LogP contribution >= 0.6 is 0 Å². The Bertz CT molecular complexity index is 483. The van der Waals surface area contributed by atoms with E-state index in [-0.39, 0.29) is 12.6 Å². The fourth-order valence-corrected chi connectivity index (χ4v) is 4.66. The van der Waals surface area contributed by atoms with Crippen LogP contribution in [0.4, 0.5) is 0 Å². The zero-order valence-electron chi connectivity index (χ0n) is 24.2. The van der Waals surface area contributed by atoms with Crippen molar-refractivity contribution in [3.05, 3.63) is 0 Å². The molecule has 0 atom stereocenters. The molecular formula is C31H61NO4. The molecule has 0 amide bonds. The fraction of sp³-hybridized carbons (Fsp3) is 0.935. The van der Waals surface area contributed by atoms with E-state index in [2.05, 4.69) is 18.7 Å². The second-order valence-corrected chi connectivity index (χ2v) is 10.6. The molecule has 0 aromatic heterocycles. The van der Waals surface area contributed by atoms with Crippen LogP contribution in [-0.4, -0.2) is 54.6 Å². The molecule has 0 unspecified atom stereocenters. The van der Waals surface area contributed by atoms with E-state index in [1.807, 2.05) is 0 Å². The molecule has 0 aliphatic rings. The van der Waals surface area contributed by atoms with Crippen molar-refractivity contribution in [3.8, 4) is 0 Å². The minimum atomic E-state index is -0.0780. The number of ether oxygens (including phenoxy) is 1. The van der Waals surface area contributed by atoms with E-state index in [1.54, 1.807) is 0 Å². The number of rotatable bonds is 29. The lowest BCUT2D eigenvalue weighted by atomic mass is 10.0. The maximum Gasteiger partial charge on any atom is 0.305 e. The van der Waals surface area contributed by atoms with Gasteiger partial charge in [-0.1, -0.05) is 104 Å². The second kappa shape index (κ2) is 28.6.